The standard InChI is InChI=1S/C20H19NO2.2C2H6/c1-13-4-7-17-12-21(20(23)19(17)10-13)18-9-5-14(2)16(11-18)8-6-15(3)22;2*1-2/h4-11H,12H2,1-3H3;2*1-2H3/b8-6-;;. The molecular formula is C24H31NO2. The van der Waals surface area contributed by atoms with Crippen molar-refractivity contribution in [3.8, 4) is 0 Å². The summed E-state index contributed by atoms with van der Waals surface area (Å²) >= 11 is 0. The molecule has 1 heterocycles. The smallest absolute Gasteiger partial charge is 0.258 e. The minimum Gasteiger partial charge on any atom is -0.304 e. The molecule has 0 aliphatic carbocycles. The van der Waals surface area contributed by atoms with Crippen LogP contribution < -0.4 is 4.90 Å². The number of fused-ring (bicyclic) bond motifs is 1. The predicted molar refractivity (Wildman–Crippen MR) is 115 cm³/mol. The number of hydrogen-bond acceptors (Lipinski definition) is 2. The zero-order valence-electron chi connectivity index (χ0n) is 17.6. The maximum absolute atomic E-state index is 12.7. The van der Waals surface area contributed by atoms with E-state index in [1.54, 1.807) is 17.1 Å². The summed E-state index contributed by atoms with van der Waals surface area (Å²) in [4.78, 5) is 25.6. The molecule has 0 saturated heterocycles. The van der Waals surface area contributed by atoms with Crippen molar-refractivity contribution in [3.05, 3.63) is 70.3 Å². The van der Waals surface area contributed by atoms with E-state index in [9.17, 15) is 9.59 Å². The molecule has 1 aliphatic rings. The topological polar surface area (TPSA) is 37.4 Å². The lowest BCUT2D eigenvalue weighted by Crippen LogP contribution is -2.23. The van der Waals surface area contributed by atoms with Gasteiger partial charge in [-0.25, -0.2) is 0 Å². The van der Waals surface area contributed by atoms with Gasteiger partial charge < -0.3 is 4.90 Å². The molecule has 0 aromatic heterocycles. The average Bonchev–Trinajstić information content (AvgIpc) is 3.00. The number of amides is 1. The normalized spacial score (nSPS) is 12.1. The van der Waals surface area contributed by atoms with Crippen molar-refractivity contribution in [3.63, 3.8) is 0 Å². The highest BCUT2D eigenvalue weighted by Gasteiger charge is 2.28. The maximum atomic E-state index is 12.7. The summed E-state index contributed by atoms with van der Waals surface area (Å²) in [6.07, 6.45) is 3.36. The average molecular weight is 366 g/mol. The molecule has 0 N–H and O–H groups in total. The molecule has 144 valence electrons. The fraction of sp³-hybridized carbons (Fsp3) is 0.333. The second-order valence-electron chi connectivity index (χ2n) is 6.04. The van der Waals surface area contributed by atoms with Gasteiger partial charge in [-0.2, -0.15) is 0 Å². The highest BCUT2D eigenvalue weighted by Crippen LogP contribution is 2.30. The third-order valence-corrected chi connectivity index (χ3v) is 4.14. The number of ketones is 1. The first kappa shape index (κ1) is 22.4. The van der Waals surface area contributed by atoms with E-state index in [0.717, 1.165) is 33.5 Å². The first-order valence-corrected chi connectivity index (χ1v) is 9.66. The first-order chi connectivity index (χ1) is 13.0. The number of carbonyl (C=O) groups excluding carboxylic acids is 2. The molecule has 0 saturated carbocycles. The number of anilines is 1. The summed E-state index contributed by atoms with van der Waals surface area (Å²) in [5, 5.41) is 0. The SMILES string of the molecule is CC.CC.CC(=O)/C=C\c1cc(N2Cc3ccc(C)cc3C2=O)ccc1C. The van der Waals surface area contributed by atoms with E-state index in [1.807, 2.05) is 77.9 Å². The van der Waals surface area contributed by atoms with Crippen molar-refractivity contribution in [2.45, 2.75) is 55.0 Å². The molecule has 0 fully saturated rings. The second kappa shape index (κ2) is 10.5. The van der Waals surface area contributed by atoms with Crippen LogP contribution in [0.2, 0.25) is 0 Å². The Balaban J connectivity index is 0.000000855. The van der Waals surface area contributed by atoms with Gasteiger partial charge in [0.2, 0.25) is 0 Å². The van der Waals surface area contributed by atoms with Crippen LogP contribution in [0.1, 0.15) is 67.2 Å². The maximum Gasteiger partial charge on any atom is 0.258 e. The van der Waals surface area contributed by atoms with Crippen molar-refractivity contribution in [2.75, 3.05) is 4.90 Å². The number of benzene rings is 2. The van der Waals surface area contributed by atoms with Gasteiger partial charge in [0, 0.05) is 11.3 Å². The van der Waals surface area contributed by atoms with Crippen LogP contribution in [-0.4, -0.2) is 11.7 Å². The Morgan fingerprint density at radius 3 is 2.30 bits per heavy atom. The van der Waals surface area contributed by atoms with Gasteiger partial charge in [0.1, 0.15) is 0 Å². The van der Waals surface area contributed by atoms with Gasteiger partial charge in [0.25, 0.3) is 5.91 Å². The summed E-state index contributed by atoms with van der Waals surface area (Å²) in [5.74, 6) is 0.0454. The molecule has 1 aliphatic heterocycles. The lowest BCUT2D eigenvalue weighted by Gasteiger charge is -2.17. The molecule has 2 aromatic rings. The molecule has 0 spiro atoms. The fourth-order valence-electron chi connectivity index (χ4n) is 2.81. The Bertz CT molecular complexity index is 834. The van der Waals surface area contributed by atoms with Crippen molar-refractivity contribution < 1.29 is 9.59 Å². The van der Waals surface area contributed by atoms with Crippen LogP contribution in [0, 0.1) is 13.8 Å². The minimum atomic E-state index is 0.00920. The molecule has 27 heavy (non-hydrogen) atoms. The Labute approximate surface area is 163 Å². The van der Waals surface area contributed by atoms with Crippen LogP contribution in [0.3, 0.4) is 0 Å². The Kier molecular flexibility index (Phi) is 8.67. The fourth-order valence-corrected chi connectivity index (χ4v) is 2.81. The van der Waals surface area contributed by atoms with Gasteiger partial charge >= 0.3 is 0 Å². The summed E-state index contributed by atoms with van der Waals surface area (Å²) < 4.78 is 0. The van der Waals surface area contributed by atoms with Gasteiger partial charge in [-0.3, -0.25) is 9.59 Å². The van der Waals surface area contributed by atoms with Crippen LogP contribution in [0.4, 0.5) is 5.69 Å². The summed E-state index contributed by atoms with van der Waals surface area (Å²) in [6.45, 7) is 14.1. The van der Waals surface area contributed by atoms with Gasteiger partial charge in [-0.15, -0.1) is 0 Å². The quantitative estimate of drug-likeness (QED) is 0.615. The van der Waals surface area contributed by atoms with Crippen LogP contribution in [0.15, 0.2) is 42.5 Å². The van der Waals surface area contributed by atoms with Gasteiger partial charge in [0.15, 0.2) is 5.78 Å². The molecule has 3 heteroatoms. The van der Waals surface area contributed by atoms with E-state index in [-0.39, 0.29) is 11.7 Å². The molecule has 1 amide bonds. The van der Waals surface area contributed by atoms with Crippen LogP contribution in [0.5, 0.6) is 0 Å². The number of nitrogens with zero attached hydrogens (tertiary/aromatic N) is 1. The van der Waals surface area contributed by atoms with E-state index in [2.05, 4.69) is 0 Å². The van der Waals surface area contributed by atoms with Gasteiger partial charge in [-0.05, 0) is 61.7 Å². The predicted octanol–water partition coefficient (Wildman–Crippen LogP) is 6.12. The van der Waals surface area contributed by atoms with E-state index < -0.39 is 0 Å². The summed E-state index contributed by atoms with van der Waals surface area (Å²) in [5.41, 5.74) is 5.82. The minimum absolute atomic E-state index is 0.00920. The highest BCUT2D eigenvalue weighted by atomic mass is 16.2. The van der Waals surface area contributed by atoms with Crippen LogP contribution >= 0.6 is 0 Å². The third kappa shape index (κ3) is 5.40. The molecular weight excluding hydrogens is 334 g/mol. The number of aryl methyl sites for hydroxylation is 2. The van der Waals surface area contributed by atoms with Crippen LogP contribution in [0.25, 0.3) is 6.08 Å². The number of carbonyl (C=O) groups is 2. The van der Waals surface area contributed by atoms with Crippen LogP contribution in [-0.2, 0) is 11.3 Å². The lowest BCUT2D eigenvalue weighted by molar-refractivity contribution is -0.112. The lowest BCUT2D eigenvalue weighted by atomic mass is 10.1. The van der Waals surface area contributed by atoms with Crippen molar-refractivity contribution in [2.24, 2.45) is 0 Å². The molecule has 3 nitrogen and oxygen atoms in total. The largest absolute Gasteiger partial charge is 0.304 e. The van der Waals surface area contributed by atoms with E-state index in [0.29, 0.717) is 6.54 Å². The second-order valence-corrected chi connectivity index (χ2v) is 6.04. The molecule has 0 unspecified atom stereocenters. The Hall–Kier alpha value is -2.68. The Morgan fingerprint density at radius 2 is 1.67 bits per heavy atom. The van der Waals surface area contributed by atoms with Gasteiger partial charge in [0.05, 0.1) is 6.54 Å². The Morgan fingerprint density at radius 1 is 1.00 bits per heavy atom. The molecule has 0 bridgehead atoms. The highest BCUT2D eigenvalue weighted by molar-refractivity contribution is 6.10. The van der Waals surface area contributed by atoms with E-state index >= 15 is 0 Å². The summed E-state index contributed by atoms with van der Waals surface area (Å²) in [7, 11) is 0. The molecule has 0 radical (unpaired) electrons. The van der Waals surface area contributed by atoms with Crippen molar-refractivity contribution in [1.82, 2.24) is 0 Å². The monoisotopic (exact) mass is 365 g/mol. The zero-order valence-corrected chi connectivity index (χ0v) is 17.6. The van der Waals surface area contributed by atoms with Gasteiger partial charge in [-0.1, -0.05) is 57.5 Å². The first-order valence-electron chi connectivity index (χ1n) is 9.66. The van der Waals surface area contributed by atoms with Crippen molar-refractivity contribution in [1.29, 1.82) is 0 Å². The molecule has 3 rings (SSSR count). The molecule has 0 atom stereocenters. The number of rotatable bonds is 3. The van der Waals surface area contributed by atoms with Crippen molar-refractivity contribution >= 4 is 23.5 Å². The summed E-state index contributed by atoms with van der Waals surface area (Å²) in [6, 6.07) is 11.9. The van der Waals surface area contributed by atoms with E-state index in [1.165, 1.54) is 6.92 Å². The number of hydrogen-bond donors (Lipinski definition) is 0. The number of allylic oxidation sites excluding steroid dienone is 1. The molecule has 2 aromatic carbocycles. The third-order valence-electron chi connectivity index (χ3n) is 4.14. The van der Waals surface area contributed by atoms with E-state index in [4.69, 9.17) is 0 Å². The zero-order chi connectivity index (χ0) is 20.6.